The molecule has 3 nitrogen and oxygen atoms in total. The molecule has 1 atom stereocenters. The molecule has 1 N–H and O–H groups in total. The summed E-state index contributed by atoms with van der Waals surface area (Å²) >= 11 is 0. The molecule has 1 aromatic rings. The van der Waals surface area contributed by atoms with E-state index in [1.54, 1.807) is 18.2 Å². The third-order valence-electron chi connectivity index (χ3n) is 4.23. The molecule has 0 saturated heterocycles. The van der Waals surface area contributed by atoms with Crippen molar-refractivity contribution in [3.8, 4) is 0 Å². The Hall–Kier alpha value is -1.39. The summed E-state index contributed by atoms with van der Waals surface area (Å²) in [7, 11) is -3.49. The zero-order chi connectivity index (χ0) is 16.0. The lowest BCUT2D eigenvalue weighted by Crippen LogP contribution is -2.39. The van der Waals surface area contributed by atoms with Crippen LogP contribution in [0.1, 0.15) is 37.7 Å². The normalized spacial score (nSPS) is 18.4. The van der Waals surface area contributed by atoms with Crippen molar-refractivity contribution >= 4 is 10.0 Å². The maximum Gasteiger partial charge on any atom is 0.241 e. The largest absolute Gasteiger partial charge is 0.241 e. The standard InChI is InChI=1S/C18H25NO2S/c1-3-4-10-18(16-8-6-5-7-9-16)19-22(20,21)17-13-11-15(2)12-14-17/h3-4,10-14,16,18-19H,1,5-9H2,2H3/b10-4+. The van der Waals surface area contributed by atoms with Crippen molar-refractivity contribution in [3.05, 3.63) is 54.6 Å². The maximum atomic E-state index is 12.6. The molecule has 4 heteroatoms. The van der Waals surface area contributed by atoms with E-state index in [2.05, 4.69) is 11.3 Å². The van der Waals surface area contributed by atoms with Crippen molar-refractivity contribution in [1.82, 2.24) is 4.72 Å². The minimum Gasteiger partial charge on any atom is -0.207 e. The van der Waals surface area contributed by atoms with Gasteiger partial charge in [-0.05, 0) is 37.8 Å². The first-order valence-corrected chi connectivity index (χ1v) is 9.39. The SMILES string of the molecule is C=C/C=C/C(NS(=O)(=O)c1ccc(C)cc1)C1CCCCC1. The van der Waals surface area contributed by atoms with Crippen LogP contribution in [0.2, 0.25) is 0 Å². The number of hydrogen-bond donors (Lipinski definition) is 1. The van der Waals surface area contributed by atoms with Gasteiger partial charge in [0.15, 0.2) is 0 Å². The van der Waals surface area contributed by atoms with Crippen LogP contribution in [0.25, 0.3) is 0 Å². The highest BCUT2D eigenvalue weighted by atomic mass is 32.2. The second-order valence-corrected chi connectivity index (χ2v) is 7.69. The van der Waals surface area contributed by atoms with Gasteiger partial charge in [0, 0.05) is 6.04 Å². The van der Waals surface area contributed by atoms with Crippen LogP contribution >= 0.6 is 0 Å². The fourth-order valence-electron chi connectivity index (χ4n) is 2.95. The Morgan fingerprint density at radius 3 is 2.41 bits per heavy atom. The molecule has 1 unspecified atom stereocenters. The lowest BCUT2D eigenvalue weighted by molar-refractivity contribution is 0.320. The smallest absolute Gasteiger partial charge is 0.207 e. The van der Waals surface area contributed by atoms with Gasteiger partial charge in [-0.15, -0.1) is 0 Å². The molecule has 1 saturated carbocycles. The predicted octanol–water partition coefficient (Wildman–Crippen LogP) is 3.96. The van der Waals surface area contributed by atoms with Crippen LogP contribution in [0.5, 0.6) is 0 Å². The summed E-state index contributed by atoms with van der Waals surface area (Å²) in [4.78, 5) is 0.325. The van der Waals surface area contributed by atoms with E-state index in [1.807, 2.05) is 31.2 Å². The molecule has 0 radical (unpaired) electrons. The molecule has 1 aliphatic rings. The average molecular weight is 319 g/mol. The van der Waals surface area contributed by atoms with Crippen LogP contribution < -0.4 is 4.72 Å². The highest BCUT2D eigenvalue weighted by Crippen LogP contribution is 2.28. The molecule has 1 aromatic carbocycles. The van der Waals surface area contributed by atoms with Crippen molar-refractivity contribution in [2.75, 3.05) is 0 Å². The van der Waals surface area contributed by atoms with Gasteiger partial charge in [0.05, 0.1) is 4.90 Å². The van der Waals surface area contributed by atoms with E-state index in [1.165, 1.54) is 19.3 Å². The van der Waals surface area contributed by atoms with Crippen LogP contribution in [0.15, 0.2) is 54.0 Å². The highest BCUT2D eigenvalue weighted by Gasteiger charge is 2.26. The second-order valence-electron chi connectivity index (χ2n) is 5.98. The summed E-state index contributed by atoms with van der Waals surface area (Å²) in [6.07, 6.45) is 11.2. The Kier molecular flexibility index (Phi) is 5.98. The van der Waals surface area contributed by atoms with Crippen molar-refractivity contribution in [2.24, 2.45) is 5.92 Å². The fraction of sp³-hybridized carbons (Fsp3) is 0.444. The second kappa shape index (κ2) is 7.75. The summed E-state index contributed by atoms with van der Waals surface area (Å²) in [5.74, 6) is 0.366. The zero-order valence-corrected chi connectivity index (χ0v) is 14.0. The van der Waals surface area contributed by atoms with E-state index in [0.29, 0.717) is 10.8 Å². The van der Waals surface area contributed by atoms with E-state index >= 15 is 0 Å². The Morgan fingerprint density at radius 1 is 1.18 bits per heavy atom. The van der Waals surface area contributed by atoms with Gasteiger partial charge in [-0.3, -0.25) is 0 Å². The van der Waals surface area contributed by atoms with Gasteiger partial charge in [-0.25, -0.2) is 13.1 Å². The van der Waals surface area contributed by atoms with Crippen molar-refractivity contribution < 1.29 is 8.42 Å². The molecular formula is C18H25NO2S. The number of sulfonamides is 1. The molecule has 120 valence electrons. The summed E-state index contributed by atoms with van der Waals surface area (Å²) in [5.41, 5.74) is 1.05. The van der Waals surface area contributed by atoms with Crippen LogP contribution in [0.4, 0.5) is 0 Å². The molecule has 22 heavy (non-hydrogen) atoms. The molecule has 0 bridgehead atoms. The quantitative estimate of drug-likeness (QED) is 0.807. The molecular weight excluding hydrogens is 294 g/mol. The summed E-state index contributed by atoms with van der Waals surface area (Å²) in [6.45, 7) is 5.62. The van der Waals surface area contributed by atoms with Gasteiger partial charge < -0.3 is 0 Å². The van der Waals surface area contributed by atoms with E-state index in [-0.39, 0.29) is 6.04 Å². The molecule has 0 aliphatic heterocycles. The number of nitrogens with one attached hydrogen (secondary N) is 1. The van der Waals surface area contributed by atoms with Crippen LogP contribution in [0.3, 0.4) is 0 Å². The Bertz CT molecular complexity index is 611. The first-order valence-electron chi connectivity index (χ1n) is 7.91. The summed E-state index contributed by atoms with van der Waals surface area (Å²) in [5, 5.41) is 0. The summed E-state index contributed by atoms with van der Waals surface area (Å²) in [6, 6.07) is 6.80. The number of allylic oxidation sites excluding steroid dienone is 2. The van der Waals surface area contributed by atoms with Gasteiger partial charge in [-0.2, -0.15) is 0 Å². The first kappa shape index (κ1) is 17.0. The van der Waals surface area contributed by atoms with E-state index in [4.69, 9.17) is 0 Å². The van der Waals surface area contributed by atoms with Crippen LogP contribution in [-0.4, -0.2) is 14.5 Å². The van der Waals surface area contributed by atoms with Gasteiger partial charge in [-0.1, -0.05) is 61.8 Å². The van der Waals surface area contributed by atoms with E-state index in [9.17, 15) is 8.42 Å². The number of aryl methyl sites for hydroxylation is 1. The van der Waals surface area contributed by atoms with Crippen molar-refractivity contribution in [1.29, 1.82) is 0 Å². The Balaban J connectivity index is 2.19. The number of hydrogen-bond acceptors (Lipinski definition) is 2. The minimum absolute atomic E-state index is 0.162. The lowest BCUT2D eigenvalue weighted by Gasteiger charge is -2.28. The van der Waals surface area contributed by atoms with Crippen molar-refractivity contribution in [2.45, 2.75) is 50.0 Å². The van der Waals surface area contributed by atoms with Gasteiger partial charge in [0.25, 0.3) is 0 Å². The van der Waals surface area contributed by atoms with E-state index < -0.39 is 10.0 Å². The predicted molar refractivity (Wildman–Crippen MR) is 91.2 cm³/mol. The fourth-order valence-corrected chi connectivity index (χ4v) is 4.21. The van der Waals surface area contributed by atoms with Crippen molar-refractivity contribution in [3.63, 3.8) is 0 Å². The Labute approximate surface area is 134 Å². The molecule has 0 spiro atoms. The summed E-state index contributed by atoms with van der Waals surface area (Å²) < 4.78 is 28.0. The maximum absolute atomic E-state index is 12.6. The average Bonchev–Trinajstić information content (AvgIpc) is 2.52. The minimum atomic E-state index is -3.49. The monoisotopic (exact) mass is 319 g/mol. The first-order chi connectivity index (χ1) is 10.5. The van der Waals surface area contributed by atoms with Crippen LogP contribution in [0, 0.1) is 12.8 Å². The van der Waals surface area contributed by atoms with Crippen LogP contribution in [-0.2, 0) is 10.0 Å². The molecule has 0 heterocycles. The molecule has 0 amide bonds. The van der Waals surface area contributed by atoms with Gasteiger partial charge in [0.1, 0.15) is 0 Å². The molecule has 0 aromatic heterocycles. The molecule has 1 aliphatic carbocycles. The zero-order valence-electron chi connectivity index (χ0n) is 13.2. The lowest BCUT2D eigenvalue weighted by atomic mass is 9.84. The number of benzene rings is 1. The number of rotatable bonds is 6. The molecule has 2 rings (SSSR count). The topological polar surface area (TPSA) is 46.2 Å². The highest BCUT2D eigenvalue weighted by molar-refractivity contribution is 7.89. The molecule has 1 fully saturated rings. The van der Waals surface area contributed by atoms with Gasteiger partial charge >= 0.3 is 0 Å². The Morgan fingerprint density at radius 2 is 1.82 bits per heavy atom. The third-order valence-corrected chi connectivity index (χ3v) is 5.71. The van der Waals surface area contributed by atoms with Gasteiger partial charge in [0.2, 0.25) is 10.0 Å². The van der Waals surface area contributed by atoms with E-state index in [0.717, 1.165) is 18.4 Å². The third kappa shape index (κ3) is 4.55.